The topological polar surface area (TPSA) is 99.1 Å². The third kappa shape index (κ3) is 5.42. The number of nitrogens with zero attached hydrogens (tertiary/aromatic N) is 8. The minimum Gasteiger partial charge on any atom is -0.370 e. The van der Waals surface area contributed by atoms with Crippen LogP contribution in [0.1, 0.15) is 30.5 Å². The summed E-state index contributed by atoms with van der Waals surface area (Å²) in [6.07, 6.45) is 8.59. The van der Waals surface area contributed by atoms with Crippen LogP contribution in [0.4, 0.5) is 5.69 Å². The molecule has 3 aromatic heterocycles. The molecule has 10 heteroatoms. The standard InChI is InChI=1S/C37H39N9O/c1-25-20-30(10-15-38-25)34-32-21-31(8-9-33(32)40-41-34)46-19-14-37(36(46)47)13-18-44(23-37)22-26(2)45-16-11-28(12-17-45)27-4-6-29(7-5-27)35-39-24-43(3)42-35/h4-11,15,20-21,24H,2,12-14,16-19,22-23H2,1,3H3,(H,40,41)/t37-/m0/s1. The molecule has 2 saturated heterocycles. The van der Waals surface area contributed by atoms with Crippen molar-refractivity contribution in [1.82, 2.24) is 39.7 Å². The average molecular weight is 626 g/mol. The van der Waals surface area contributed by atoms with Gasteiger partial charge in [-0.05, 0) is 74.2 Å². The molecule has 6 heterocycles. The number of carbonyl (C=O) groups is 1. The maximum atomic E-state index is 14.0. The molecule has 3 aliphatic heterocycles. The molecule has 3 aliphatic rings. The highest BCUT2D eigenvalue weighted by atomic mass is 16.2. The monoisotopic (exact) mass is 625 g/mol. The smallest absolute Gasteiger partial charge is 0.234 e. The quantitative estimate of drug-likeness (QED) is 0.257. The van der Waals surface area contributed by atoms with Crippen molar-refractivity contribution in [2.24, 2.45) is 12.5 Å². The number of anilines is 1. The fourth-order valence-corrected chi connectivity index (χ4v) is 7.50. The van der Waals surface area contributed by atoms with E-state index in [1.807, 2.05) is 49.3 Å². The second-order valence-electron chi connectivity index (χ2n) is 13.2. The van der Waals surface area contributed by atoms with E-state index >= 15 is 0 Å². The third-order valence-electron chi connectivity index (χ3n) is 10.1. The van der Waals surface area contributed by atoms with E-state index in [2.05, 4.69) is 78.1 Å². The zero-order chi connectivity index (χ0) is 32.1. The molecule has 238 valence electrons. The highest BCUT2D eigenvalue weighted by Gasteiger charge is 2.51. The maximum absolute atomic E-state index is 14.0. The molecule has 10 nitrogen and oxygen atoms in total. The molecule has 2 aromatic carbocycles. The molecule has 1 amide bonds. The normalized spacial score (nSPS) is 20.1. The molecule has 47 heavy (non-hydrogen) atoms. The Morgan fingerprint density at radius 3 is 2.57 bits per heavy atom. The average Bonchev–Trinajstić information content (AvgIpc) is 3.88. The Morgan fingerprint density at radius 2 is 1.81 bits per heavy atom. The second kappa shape index (κ2) is 11.6. The van der Waals surface area contributed by atoms with Gasteiger partial charge in [-0.1, -0.05) is 36.9 Å². The Bertz CT molecular complexity index is 2020. The lowest BCUT2D eigenvalue weighted by molar-refractivity contribution is -0.125. The maximum Gasteiger partial charge on any atom is 0.234 e. The summed E-state index contributed by atoms with van der Waals surface area (Å²) in [5, 5.41) is 13.2. The zero-order valence-electron chi connectivity index (χ0n) is 27.0. The van der Waals surface area contributed by atoms with Gasteiger partial charge in [-0.25, -0.2) is 4.98 Å². The lowest BCUT2D eigenvalue weighted by Crippen LogP contribution is -2.38. The minimum atomic E-state index is -0.331. The van der Waals surface area contributed by atoms with Crippen LogP contribution in [-0.2, 0) is 11.8 Å². The van der Waals surface area contributed by atoms with Gasteiger partial charge in [0.25, 0.3) is 0 Å². The highest BCUT2D eigenvalue weighted by molar-refractivity contribution is 6.03. The van der Waals surface area contributed by atoms with Crippen molar-refractivity contribution < 1.29 is 4.79 Å². The van der Waals surface area contributed by atoms with Gasteiger partial charge in [-0.3, -0.25) is 24.5 Å². The number of pyridine rings is 1. The summed E-state index contributed by atoms with van der Waals surface area (Å²) in [6.45, 7) is 11.5. The molecule has 1 spiro atoms. The largest absolute Gasteiger partial charge is 0.370 e. The number of H-pyrrole nitrogens is 1. The molecule has 0 aliphatic carbocycles. The number of fused-ring (bicyclic) bond motifs is 1. The number of benzene rings is 2. The van der Waals surface area contributed by atoms with Gasteiger partial charge in [0.15, 0.2) is 5.82 Å². The molecule has 0 unspecified atom stereocenters. The van der Waals surface area contributed by atoms with Crippen molar-refractivity contribution in [2.75, 3.05) is 44.2 Å². The molecule has 8 rings (SSSR count). The number of rotatable bonds is 7. The first-order valence-corrected chi connectivity index (χ1v) is 16.4. The molecular weight excluding hydrogens is 586 g/mol. The van der Waals surface area contributed by atoms with E-state index in [1.54, 1.807) is 11.0 Å². The van der Waals surface area contributed by atoms with Crippen LogP contribution in [0, 0.1) is 12.3 Å². The third-order valence-corrected chi connectivity index (χ3v) is 10.1. The summed E-state index contributed by atoms with van der Waals surface area (Å²) in [6, 6.07) is 18.7. The Morgan fingerprint density at radius 1 is 0.979 bits per heavy atom. The number of hydrogen-bond acceptors (Lipinski definition) is 7. The van der Waals surface area contributed by atoms with Crippen LogP contribution in [0.5, 0.6) is 0 Å². The van der Waals surface area contributed by atoms with Gasteiger partial charge in [-0.15, -0.1) is 0 Å². The summed E-state index contributed by atoms with van der Waals surface area (Å²) < 4.78 is 1.72. The summed E-state index contributed by atoms with van der Waals surface area (Å²) in [5.41, 5.74) is 9.18. The van der Waals surface area contributed by atoms with E-state index in [9.17, 15) is 4.79 Å². The Hall–Kier alpha value is -5.09. The lowest BCUT2D eigenvalue weighted by atomic mass is 9.85. The van der Waals surface area contributed by atoms with Gasteiger partial charge in [0.2, 0.25) is 5.91 Å². The Balaban J connectivity index is 0.896. The van der Waals surface area contributed by atoms with E-state index in [-0.39, 0.29) is 11.3 Å². The van der Waals surface area contributed by atoms with Gasteiger partial charge in [0.1, 0.15) is 12.0 Å². The van der Waals surface area contributed by atoms with Crippen LogP contribution in [0.2, 0.25) is 0 Å². The Kier molecular flexibility index (Phi) is 7.24. The Labute approximate surface area is 274 Å². The fourth-order valence-electron chi connectivity index (χ4n) is 7.50. The SMILES string of the molecule is C=C(CN1CC[C@]2(CCN(c3ccc4[nH]nc(-c5ccnc(C)c5)c4c3)C2=O)C1)N1CC=C(c2ccc(-c3ncn(C)n3)cc2)CC1. The number of amides is 1. The molecule has 1 atom stereocenters. The summed E-state index contributed by atoms with van der Waals surface area (Å²) in [5.74, 6) is 0.987. The van der Waals surface area contributed by atoms with Gasteiger partial charge >= 0.3 is 0 Å². The number of hydrogen-bond donors (Lipinski definition) is 1. The van der Waals surface area contributed by atoms with E-state index < -0.39 is 0 Å². The van der Waals surface area contributed by atoms with Crippen LogP contribution >= 0.6 is 0 Å². The van der Waals surface area contributed by atoms with Crippen molar-refractivity contribution in [3.05, 3.63) is 96.7 Å². The molecule has 1 N–H and O–H groups in total. The molecule has 0 saturated carbocycles. The van der Waals surface area contributed by atoms with E-state index in [1.165, 1.54) is 11.1 Å². The molecule has 0 radical (unpaired) electrons. The summed E-state index contributed by atoms with van der Waals surface area (Å²) in [7, 11) is 1.88. The van der Waals surface area contributed by atoms with Gasteiger partial charge < -0.3 is 9.80 Å². The zero-order valence-corrected chi connectivity index (χ0v) is 27.0. The van der Waals surface area contributed by atoms with Gasteiger partial charge in [-0.2, -0.15) is 10.2 Å². The van der Waals surface area contributed by atoms with Crippen LogP contribution < -0.4 is 4.90 Å². The number of nitrogens with one attached hydrogen (secondary N) is 1. The van der Waals surface area contributed by atoms with Gasteiger partial charge in [0.05, 0.1) is 10.9 Å². The minimum absolute atomic E-state index is 0.241. The van der Waals surface area contributed by atoms with Gasteiger partial charge in [0, 0.05) is 79.6 Å². The number of aryl methyl sites for hydroxylation is 2. The first-order chi connectivity index (χ1) is 22.8. The highest BCUT2D eigenvalue weighted by Crippen LogP contribution is 2.43. The fraction of sp³-hybridized carbons (Fsp3) is 0.324. The van der Waals surface area contributed by atoms with Crippen molar-refractivity contribution in [3.63, 3.8) is 0 Å². The number of aromatic amines is 1. The first-order valence-electron chi connectivity index (χ1n) is 16.4. The van der Waals surface area contributed by atoms with Crippen molar-refractivity contribution in [3.8, 4) is 22.6 Å². The van der Waals surface area contributed by atoms with Crippen molar-refractivity contribution in [1.29, 1.82) is 0 Å². The summed E-state index contributed by atoms with van der Waals surface area (Å²) in [4.78, 5) is 29.5. The van der Waals surface area contributed by atoms with E-state index in [4.69, 9.17) is 0 Å². The summed E-state index contributed by atoms with van der Waals surface area (Å²) >= 11 is 0. The predicted octanol–water partition coefficient (Wildman–Crippen LogP) is 5.46. The van der Waals surface area contributed by atoms with E-state index in [0.29, 0.717) is 0 Å². The predicted molar refractivity (Wildman–Crippen MR) is 184 cm³/mol. The van der Waals surface area contributed by atoms with Crippen molar-refractivity contribution in [2.45, 2.75) is 26.2 Å². The van der Waals surface area contributed by atoms with Crippen LogP contribution in [-0.4, -0.2) is 84.9 Å². The molecule has 2 fully saturated rings. The number of aromatic nitrogens is 6. The van der Waals surface area contributed by atoms with Crippen molar-refractivity contribution >= 4 is 28.1 Å². The molecule has 5 aromatic rings. The molecular formula is C37H39N9O. The van der Waals surface area contributed by atoms with Crippen LogP contribution in [0.25, 0.3) is 39.1 Å². The number of likely N-dealkylation sites (tertiary alicyclic amines) is 1. The molecule has 0 bridgehead atoms. The lowest BCUT2D eigenvalue weighted by Gasteiger charge is -2.32. The second-order valence-corrected chi connectivity index (χ2v) is 13.2. The van der Waals surface area contributed by atoms with E-state index in [0.717, 1.165) is 109 Å². The van der Waals surface area contributed by atoms with Crippen LogP contribution in [0.3, 0.4) is 0 Å². The number of carbonyl (C=O) groups excluding carboxylic acids is 1. The first kappa shape index (κ1) is 29.3. The van der Waals surface area contributed by atoms with Crippen LogP contribution in [0.15, 0.2) is 85.5 Å².